The summed E-state index contributed by atoms with van der Waals surface area (Å²) in [7, 11) is 1.35. The van der Waals surface area contributed by atoms with Crippen molar-refractivity contribution in [3.8, 4) is 5.75 Å². The minimum atomic E-state index is -0.903. The van der Waals surface area contributed by atoms with E-state index in [4.69, 9.17) is 22.1 Å². The van der Waals surface area contributed by atoms with E-state index in [2.05, 4.69) is 24.9 Å². The lowest BCUT2D eigenvalue weighted by Gasteiger charge is -2.28. The number of nitrogens with one attached hydrogen (secondary N) is 2. The molecule has 1 aliphatic rings. The molecule has 2 atom stereocenters. The van der Waals surface area contributed by atoms with E-state index < -0.39 is 23.8 Å². The quantitative estimate of drug-likeness (QED) is 0.158. The monoisotopic (exact) mass is 627 g/mol. The van der Waals surface area contributed by atoms with Crippen molar-refractivity contribution in [3.05, 3.63) is 124 Å². The maximum Gasteiger partial charge on any atom is 0.330 e. The summed E-state index contributed by atoms with van der Waals surface area (Å²) < 4.78 is 12.7. The van der Waals surface area contributed by atoms with E-state index in [0.717, 1.165) is 27.9 Å². The molecule has 4 aromatic rings. The van der Waals surface area contributed by atoms with Crippen LogP contribution in [0.15, 0.2) is 85.3 Å². The molecule has 10 nitrogen and oxygen atoms in total. The molecule has 11 heteroatoms. The van der Waals surface area contributed by atoms with Crippen LogP contribution in [0.4, 0.5) is 0 Å². The molecule has 45 heavy (non-hydrogen) atoms. The third-order valence-corrected chi connectivity index (χ3v) is 7.85. The second-order valence-corrected chi connectivity index (χ2v) is 11.1. The van der Waals surface area contributed by atoms with Gasteiger partial charge in [0.25, 0.3) is 5.91 Å². The lowest BCUT2D eigenvalue weighted by molar-refractivity contribution is -0.134. The topological polar surface area (TPSA) is 138 Å². The van der Waals surface area contributed by atoms with Crippen LogP contribution in [0, 0.1) is 0 Å². The third kappa shape index (κ3) is 8.17. The van der Waals surface area contributed by atoms with Gasteiger partial charge in [0.05, 0.1) is 31.3 Å². The van der Waals surface area contributed by atoms with Crippen LogP contribution < -0.4 is 21.1 Å². The van der Waals surface area contributed by atoms with E-state index in [1.165, 1.54) is 13.2 Å². The van der Waals surface area contributed by atoms with E-state index >= 15 is 0 Å². The molecule has 0 fully saturated rings. The van der Waals surface area contributed by atoms with Crippen molar-refractivity contribution in [1.82, 2.24) is 20.2 Å². The maximum atomic E-state index is 13.4. The number of para-hydroxylation sites is 1. The van der Waals surface area contributed by atoms with Gasteiger partial charge in [-0.2, -0.15) is 0 Å². The van der Waals surface area contributed by atoms with Gasteiger partial charge in [-0.25, -0.2) is 9.78 Å². The Labute approximate surface area is 266 Å². The summed E-state index contributed by atoms with van der Waals surface area (Å²) in [4.78, 5) is 41.3. The lowest BCUT2D eigenvalue weighted by atomic mass is 9.96. The number of methoxy groups -OCH3 is 1. The Morgan fingerprint density at radius 2 is 1.87 bits per heavy atom. The van der Waals surface area contributed by atoms with Crippen LogP contribution in [0.5, 0.6) is 5.75 Å². The summed E-state index contributed by atoms with van der Waals surface area (Å²) in [5.74, 6) is -0.979. The average molecular weight is 628 g/mol. The van der Waals surface area contributed by atoms with Gasteiger partial charge >= 0.3 is 5.97 Å². The van der Waals surface area contributed by atoms with Crippen molar-refractivity contribution in [2.45, 2.75) is 38.0 Å². The summed E-state index contributed by atoms with van der Waals surface area (Å²) in [5.41, 5.74) is 10.6. The molecule has 0 radical (unpaired) electrons. The number of nitrogens with two attached hydrogens (primary N) is 1. The van der Waals surface area contributed by atoms with Gasteiger partial charge in [-0.15, -0.1) is 0 Å². The molecule has 1 aromatic heterocycles. The first-order chi connectivity index (χ1) is 21.8. The minimum Gasteiger partial charge on any atom is -0.492 e. The number of rotatable bonds is 12. The van der Waals surface area contributed by atoms with Crippen LogP contribution in [0.25, 0.3) is 6.08 Å². The second kappa shape index (κ2) is 14.7. The minimum absolute atomic E-state index is 0.0632. The SMILES string of the molecule is COC(=O)/C=C/c1ccc(Cn2cncc2CNC2CCOc3c(C(=O)NC(Cc4ccc(Cl)cc4)C(N)=O)cccc32)cc1. The van der Waals surface area contributed by atoms with Gasteiger partial charge in [-0.05, 0) is 41.0 Å². The van der Waals surface area contributed by atoms with Crippen LogP contribution in [0.1, 0.15) is 50.8 Å². The molecular weight excluding hydrogens is 594 g/mol. The zero-order chi connectivity index (χ0) is 31.8. The molecule has 0 aliphatic carbocycles. The summed E-state index contributed by atoms with van der Waals surface area (Å²) in [6.45, 7) is 1.60. The van der Waals surface area contributed by atoms with Crippen molar-refractivity contribution < 1.29 is 23.9 Å². The van der Waals surface area contributed by atoms with E-state index in [-0.39, 0.29) is 12.5 Å². The lowest BCUT2D eigenvalue weighted by Crippen LogP contribution is -2.46. The van der Waals surface area contributed by atoms with Gasteiger partial charge in [0.2, 0.25) is 5.91 Å². The molecule has 0 spiro atoms. The number of carbonyl (C=O) groups is 3. The highest BCUT2D eigenvalue weighted by Gasteiger charge is 2.28. The Morgan fingerprint density at radius 3 is 2.60 bits per heavy atom. The first-order valence-corrected chi connectivity index (χ1v) is 14.9. The van der Waals surface area contributed by atoms with E-state index in [9.17, 15) is 14.4 Å². The fourth-order valence-corrected chi connectivity index (χ4v) is 5.29. The third-order valence-electron chi connectivity index (χ3n) is 7.59. The number of halogens is 1. The van der Waals surface area contributed by atoms with Gasteiger partial charge in [-0.1, -0.05) is 60.1 Å². The van der Waals surface area contributed by atoms with E-state index in [1.807, 2.05) is 42.6 Å². The number of carbonyl (C=O) groups excluding carboxylic acids is 3. The maximum absolute atomic E-state index is 13.4. The van der Waals surface area contributed by atoms with Crippen LogP contribution >= 0.6 is 11.6 Å². The van der Waals surface area contributed by atoms with Gasteiger partial charge in [0, 0.05) is 54.8 Å². The predicted molar refractivity (Wildman–Crippen MR) is 171 cm³/mol. The van der Waals surface area contributed by atoms with Crippen molar-refractivity contribution in [1.29, 1.82) is 0 Å². The van der Waals surface area contributed by atoms with Gasteiger partial charge < -0.3 is 30.4 Å². The van der Waals surface area contributed by atoms with Gasteiger partial charge in [0.1, 0.15) is 11.8 Å². The van der Waals surface area contributed by atoms with Crippen LogP contribution in [0.3, 0.4) is 0 Å². The Kier molecular flexibility index (Phi) is 10.3. The molecular formula is C34H34ClN5O5. The molecule has 2 heterocycles. The number of aromatic nitrogens is 2. The highest BCUT2D eigenvalue weighted by Crippen LogP contribution is 2.35. The number of benzene rings is 3. The molecule has 3 aromatic carbocycles. The largest absolute Gasteiger partial charge is 0.492 e. The molecule has 1 aliphatic heterocycles. The highest BCUT2D eigenvalue weighted by molar-refractivity contribution is 6.30. The predicted octanol–water partition coefficient (Wildman–Crippen LogP) is 4.21. The second-order valence-electron chi connectivity index (χ2n) is 10.7. The highest BCUT2D eigenvalue weighted by atomic mass is 35.5. The summed E-state index contributed by atoms with van der Waals surface area (Å²) in [5, 5.41) is 6.96. The molecule has 0 bridgehead atoms. The molecule has 5 rings (SSSR count). The Hall–Kier alpha value is -4.93. The fourth-order valence-electron chi connectivity index (χ4n) is 5.16. The zero-order valence-corrected chi connectivity index (χ0v) is 25.5. The number of ether oxygens (including phenoxy) is 2. The van der Waals surface area contributed by atoms with E-state index in [0.29, 0.717) is 42.5 Å². The number of hydrogen-bond acceptors (Lipinski definition) is 7. The standard InChI is InChI=1S/C34H34ClN5O5/c1-44-31(41)14-11-22-5-7-24(8-6-22)20-40-21-37-18-26(40)19-38-29-15-16-45-32-27(29)3-2-4-28(32)34(43)39-30(33(36)42)17-23-9-12-25(35)13-10-23/h2-14,18,21,29-30,38H,15-17,19-20H2,1H3,(H2,36,42)(H,39,43)/b14-11+. The molecule has 0 saturated heterocycles. The zero-order valence-electron chi connectivity index (χ0n) is 24.7. The Balaban J connectivity index is 1.24. The molecule has 2 unspecified atom stereocenters. The molecule has 2 amide bonds. The summed E-state index contributed by atoms with van der Waals surface area (Å²) in [6.07, 6.45) is 7.67. The first kappa shape index (κ1) is 31.5. The summed E-state index contributed by atoms with van der Waals surface area (Å²) in [6, 6.07) is 19.4. The first-order valence-electron chi connectivity index (χ1n) is 14.5. The van der Waals surface area contributed by atoms with Gasteiger partial charge in [-0.3, -0.25) is 9.59 Å². The van der Waals surface area contributed by atoms with Crippen LogP contribution in [0.2, 0.25) is 5.02 Å². The molecule has 232 valence electrons. The van der Waals surface area contributed by atoms with Crippen molar-refractivity contribution >= 4 is 35.5 Å². The van der Waals surface area contributed by atoms with E-state index in [1.54, 1.807) is 42.7 Å². The van der Waals surface area contributed by atoms with Crippen molar-refractivity contribution in [2.24, 2.45) is 5.73 Å². The number of hydrogen-bond donors (Lipinski definition) is 3. The van der Waals surface area contributed by atoms with Crippen LogP contribution in [-0.2, 0) is 33.8 Å². The Morgan fingerprint density at radius 1 is 1.11 bits per heavy atom. The van der Waals surface area contributed by atoms with Gasteiger partial charge in [0.15, 0.2) is 0 Å². The summed E-state index contributed by atoms with van der Waals surface area (Å²) >= 11 is 5.97. The smallest absolute Gasteiger partial charge is 0.330 e. The number of nitrogens with zero attached hydrogens (tertiary/aromatic N) is 2. The number of esters is 1. The Bertz CT molecular complexity index is 1680. The van der Waals surface area contributed by atoms with Crippen LogP contribution in [-0.4, -0.2) is 47.1 Å². The molecule has 4 N–H and O–H groups in total. The number of primary amides is 1. The van der Waals surface area contributed by atoms with Crippen molar-refractivity contribution in [3.63, 3.8) is 0 Å². The fraction of sp³-hybridized carbons (Fsp3) is 0.235. The number of amides is 2. The normalized spacial score (nSPS) is 14.8. The average Bonchev–Trinajstić information content (AvgIpc) is 3.50. The molecule has 0 saturated carbocycles. The number of imidazole rings is 1. The number of fused-ring (bicyclic) bond motifs is 1. The van der Waals surface area contributed by atoms with Crippen molar-refractivity contribution in [2.75, 3.05) is 13.7 Å².